The van der Waals surface area contributed by atoms with E-state index in [0.29, 0.717) is 23.1 Å². The van der Waals surface area contributed by atoms with Gasteiger partial charge in [0, 0.05) is 18.0 Å². The highest BCUT2D eigenvalue weighted by Crippen LogP contribution is 2.37. The number of aryl methyl sites for hydroxylation is 1. The van der Waals surface area contributed by atoms with Crippen LogP contribution in [0.1, 0.15) is 5.69 Å². The molecule has 2 rings (SSSR count). The Bertz CT molecular complexity index is 607. The van der Waals surface area contributed by atoms with Crippen LogP contribution in [0.15, 0.2) is 34.3 Å². The molecule has 0 bridgehead atoms. The molecule has 106 valence electrons. The van der Waals surface area contributed by atoms with E-state index in [1.165, 1.54) is 11.8 Å². The zero-order valence-corrected chi connectivity index (χ0v) is 13.2. The van der Waals surface area contributed by atoms with E-state index >= 15 is 0 Å². The molecule has 1 aromatic carbocycles. The lowest BCUT2D eigenvalue weighted by molar-refractivity contribution is 0.954. The zero-order valence-electron chi connectivity index (χ0n) is 10.9. The molecule has 7 heteroatoms. The van der Waals surface area contributed by atoms with Crippen LogP contribution in [-0.4, -0.2) is 23.1 Å². The van der Waals surface area contributed by atoms with Crippen molar-refractivity contribution in [3.63, 3.8) is 0 Å². The Morgan fingerprint density at radius 2 is 2.15 bits per heavy atom. The number of aromatic nitrogens is 2. The molecule has 0 saturated carbocycles. The van der Waals surface area contributed by atoms with Gasteiger partial charge in [-0.1, -0.05) is 41.0 Å². The molecule has 0 spiro atoms. The first-order chi connectivity index (χ1) is 9.61. The zero-order chi connectivity index (χ0) is 14.5. The van der Waals surface area contributed by atoms with E-state index in [4.69, 9.17) is 28.9 Å². The van der Waals surface area contributed by atoms with Gasteiger partial charge in [0.15, 0.2) is 0 Å². The molecule has 0 fully saturated rings. The molecule has 3 N–H and O–H groups in total. The molecule has 0 radical (unpaired) electrons. The minimum atomic E-state index is 0.531. The van der Waals surface area contributed by atoms with E-state index in [1.54, 1.807) is 12.3 Å². The van der Waals surface area contributed by atoms with Crippen LogP contribution in [0, 0.1) is 6.92 Å². The van der Waals surface area contributed by atoms with E-state index in [-0.39, 0.29) is 0 Å². The average molecular weight is 329 g/mol. The normalized spacial score (nSPS) is 10.6. The van der Waals surface area contributed by atoms with Crippen LogP contribution in [0.5, 0.6) is 0 Å². The summed E-state index contributed by atoms with van der Waals surface area (Å²) in [6.07, 6.45) is 1.68. The summed E-state index contributed by atoms with van der Waals surface area (Å²) >= 11 is 13.6. The van der Waals surface area contributed by atoms with Crippen LogP contribution in [0.4, 0.5) is 5.82 Å². The van der Waals surface area contributed by atoms with Crippen LogP contribution in [-0.2, 0) is 0 Å². The van der Waals surface area contributed by atoms with E-state index in [1.807, 2.05) is 19.1 Å². The van der Waals surface area contributed by atoms with Crippen molar-refractivity contribution >= 4 is 40.8 Å². The maximum Gasteiger partial charge on any atom is 0.144 e. The van der Waals surface area contributed by atoms with Crippen molar-refractivity contribution < 1.29 is 0 Å². The second-order valence-corrected chi connectivity index (χ2v) is 5.83. The molecule has 4 nitrogen and oxygen atoms in total. The van der Waals surface area contributed by atoms with Gasteiger partial charge in [-0.3, -0.25) is 0 Å². The maximum atomic E-state index is 6.17. The summed E-state index contributed by atoms with van der Waals surface area (Å²) < 4.78 is 0. The smallest absolute Gasteiger partial charge is 0.144 e. The SMILES string of the molecule is Cc1nc(NCCN)cnc1Sc1cccc(Cl)c1Cl. The number of nitrogens with one attached hydrogen (secondary N) is 1. The van der Waals surface area contributed by atoms with Gasteiger partial charge in [0.1, 0.15) is 10.8 Å². The van der Waals surface area contributed by atoms with Crippen molar-refractivity contribution in [3.8, 4) is 0 Å². The van der Waals surface area contributed by atoms with E-state index < -0.39 is 0 Å². The number of hydrogen-bond donors (Lipinski definition) is 2. The fourth-order valence-corrected chi connectivity index (χ4v) is 2.85. The Morgan fingerprint density at radius 1 is 1.35 bits per heavy atom. The molecule has 20 heavy (non-hydrogen) atoms. The molecule has 0 aliphatic rings. The third kappa shape index (κ3) is 3.76. The summed E-state index contributed by atoms with van der Waals surface area (Å²) in [7, 11) is 0. The topological polar surface area (TPSA) is 63.8 Å². The molecule has 0 unspecified atom stereocenters. The van der Waals surface area contributed by atoms with Crippen molar-refractivity contribution in [2.45, 2.75) is 16.8 Å². The standard InChI is InChI=1S/C13H14Cl2N4S/c1-8-13(18-7-11(19-8)17-6-5-16)20-10-4-2-3-9(14)12(10)15/h2-4,7H,5-6,16H2,1H3,(H,17,19). The Labute approximate surface area is 132 Å². The predicted octanol–water partition coefficient (Wildman–Crippen LogP) is 3.61. The Kier molecular flexibility index (Phi) is 5.48. The Hall–Kier alpha value is -1.01. The fraction of sp³-hybridized carbons (Fsp3) is 0.231. The maximum absolute atomic E-state index is 6.17. The third-order valence-electron chi connectivity index (χ3n) is 2.48. The molecular weight excluding hydrogens is 315 g/mol. The van der Waals surface area contributed by atoms with Gasteiger partial charge < -0.3 is 11.1 Å². The van der Waals surface area contributed by atoms with Crippen LogP contribution < -0.4 is 11.1 Å². The van der Waals surface area contributed by atoms with Gasteiger partial charge >= 0.3 is 0 Å². The van der Waals surface area contributed by atoms with E-state index in [0.717, 1.165) is 21.4 Å². The Morgan fingerprint density at radius 3 is 2.85 bits per heavy atom. The molecular formula is C13H14Cl2N4S. The summed E-state index contributed by atoms with van der Waals surface area (Å²) in [6, 6.07) is 5.52. The largest absolute Gasteiger partial charge is 0.368 e. The van der Waals surface area contributed by atoms with Crippen molar-refractivity contribution in [3.05, 3.63) is 40.1 Å². The number of rotatable bonds is 5. The van der Waals surface area contributed by atoms with Crippen LogP contribution in [0.25, 0.3) is 0 Å². The summed E-state index contributed by atoms with van der Waals surface area (Å²) in [4.78, 5) is 9.69. The Balaban J connectivity index is 2.19. The van der Waals surface area contributed by atoms with Crippen molar-refractivity contribution in [1.82, 2.24) is 9.97 Å². The molecule has 2 aromatic rings. The lowest BCUT2D eigenvalue weighted by Crippen LogP contribution is -2.14. The van der Waals surface area contributed by atoms with Gasteiger partial charge in [0.2, 0.25) is 0 Å². The lowest BCUT2D eigenvalue weighted by Gasteiger charge is -2.09. The number of halogens is 2. The molecule has 0 atom stereocenters. The first kappa shape index (κ1) is 15.4. The number of benzene rings is 1. The number of nitrogens with two attached hydrogens (primary N) is 1. The fourth-order valence-electron chi connectivity index (χ4n) is 1.52. The average Bonchev–Trinajstić information content (AvgIpc) is 2.44. The summed E-state index contributed by atoms with van der Waals surface area (Å²) in [5.41, 5.74) is 6.26. The molecule has 0 aliphatic carbocycles. The molecule has 1 aromatic heterocycles. The first-order valence-corrected chi connectivity index (χ1v) is 7.58. The quantitative estimate of drug-likeness (QED) is 0.877. The van der Waals surface area contributed by atoms with E-state index in [2.05, 4.69) is 15.3 Å². The summed E-state index contributed by atoms with van der Waals surface area (Å²) in [5, 5.41) is 4.95. The number of hydrogen-bond acceptors (Lipinski definition) is 5. The van der Waals surface area contributed by atoms with Gasteiger partial charge in [0.05, 0.1) is 21.9 Å². The van der Waals surface area contributed by atoms with Crippen LogP contribution in [0.2, 0.25) is 10.0 Å². The van der Waals surface area contributed by atoms with Crippen LogP contribution in [0.3, 0.4) is 0 Å². The van der Waals surface area contributed by atoms with Gasteiger partial charge in [-0.25, -0.2) is 9.97 Å². The van der Waals surface area contributed by atoms with Gasteiger partial charge in [-0.15, -0.1) is 0 Å². The van der Waals surface area contributed by atoms with Gasteiger partial charge in [0.25, 0.3) is 0 Å². The van der Waals surface area contributed by atoms with Gasteiger partial charge in [-0.05, 0) is 19.1 Å². The second kappa shape index (κ2) is 7.13. The van der Waals surface area contributed by atoms with Crippen LogP contribution >= 0.6 is 35.0 Å². The van der Waals surface area contributed by atoms with Crippen molar-refractivity contribution in [2.75, 3.05) is 18.4 Å². The van der Waals surface area contributed by atoms with E-state index in [9.17, 15) is 0 Å². The molecule has 0 aliphatic heterocycles. The minimum absolute atomic E-state index is 0.531. The number of nitrogens with zero attached hydrogens (tertiary/aromatic N) is 2. The second-order valence-electron chi connectivity index (χ2n) is 4.02. The molecule has 1 heterocycles. The lowest BCUT2D eigenvalue weighted by atomic mass is 10.4. The van der Waals surface area contributed by atoms with Crippen molar-refractivity contribution in [2.24, 2.45) is 5.73 Å². The minimum Gasteiger partial charge on any atom is -0.368 e. The monoisotopic (exact) mass is 328 g/mol. The third-order valence-corrected chi connectivity index (χ3v) is 4.56. The highest BCUT2D eigenvalue weighted by atomic mass is 35.5. The van der Waals surface area contributed by atoms with Crippen molar-refractivity contribution in [1.29, 1.82) is 0 Å². The van der Waals surface area contributed by atoms with Gasteiger partial charge in [-0.2, -0.15) is 0 Å². The highest BCUT2D eigenvalue weighted by molar-refractivity contribution is 7.99. The predicted molar refractivity (Wildman–Crippen MR) is 84.9 cm³/mol. The molecule has 0 saturated heterocycles. The summed E-state index contributed by atoms with van der Waals surface area (Å²) in [5.74, 6) is 0.717. The molecule has 0 amide bonds. The first-order valence-electron chi connectivity index (χ1n) is 6.01. The highest BCUT2D eigenvalue weighted by Gasteiger charge is 2.10. The number of anilines is 1. The summed E-state index contributed by atoms with van der Waals surface area (Å²) in [6.45, 7) is 3.12.